The fraction of sp³-hybridized carbons (Fsp3) is 0.182. The van der Waals surface area contributed by atoms with E-state index in [9.17, 15) is 9.59 Å². The molecule has 6 heteroatoms. The molecule has 0 radical (unpaired) electrons. The average molecular weight is 252 g/mol. The zero-order valence-electron chi connectivity index (χ0n) is 9.08. The first-order valence-electron chi connectivity index (χ1n) is 4.77. The summed E-state index contributed by atoms with van der Waals surface area (Å²) in [4.78, 5) is 22.6. The maximum absolute atomic E-state index is 11.4. The Kier molecular flexibility index (Phi) is 4.49. The van der Waals surface area contributed by atoms with Crippen molar-refractivity contribution in [1.29, 1.82) is 5.26 Å². The molecule has 0 bridgehead atoms. The maximum Gasteiger partial charge on any atom is 0.313 e. The van der Waals surface area contributed by atoms with E-state index in [0.29, 0.717) is 10.7 Å². The van der Waals surface area contributed by atoms with Gasteiger partial charge in [-0.1, -0.05) is 17.7 Å². The van der Waals surface area contributed by atoms with Gasteiger partial charge in [-0.2, -0.15) is 5.26 Å². The fourth-order valence-electron chi connectivity index (χ4n) is 1.11. The molecule has 0 atom stereocenters. The van der Waals surface area contributed by atoms with Gasteiger partial charge in [0, 0.05) is 0 Å². The fourth-order valence-corrected chi connectivity index (χ4v) is 1.28. The highest BCUT2D eigenvalue weighted by atomic mass is 35.5. The van der Waals surface area contributed by atoms with Gasteiger partial charge in [0.05, 0.1) is 16.8 Å². The van der Waals surface area contributed by atoms with Crippen LogP contribution in [0.3, 0.4) is 0 Å². The van der Waals surface area contributed by atoms with Crippen LogP contribution in [0.1, 0.15) is 5.56 Å². The van der Waals surface area contributed by atoms with E-state index in [2.05, 4.69) is 10.6 Å². The number of halogens is 1. The summed E-state index contributed by atoms with van der Waals surface area (Å²) in [5, 5.41) is 13.1. The van der Waals surface area contributed by atoms with E-state index in [-0.39, 0.29) is 6.54 Å². The minimum Gasteiger partial charge on any atom is -0.335 e. The number of nitrogens with zero attached hydrogens (tertiary/aromatic N) is 1. The third-order valence-corrected chi connectivity index (χ3v) is 2.23. The summed E-state index contributed by atoms with van der Waals surface area (Å²) in [5.74, 6) is -1.73. The second-order valence-corrected chi connectivity index (χ2v) is 3.69. The van der Waals surface area contributed by atoms with Gasteiger partial charge < -0.3 is 10.6 Å². The molecule has 1 rings (SSSR count). The predicted octanol–water partition coefficient (Wildman–Crippen LogP) is 1.23. The Labute approximate surface area is 103 Å². The average Bonchev–Trinajstić information content (AvgIpc) is 2.30. The predicted molar refractivity (Wildman–Crippen MR) is 63.4 cm³/mol. The third kappa shape index (κ3) is 3.78. The molecule has 17 heavy (non-hydrogen) atoms. The minimum atomic E-state index is -0.871. The van der Waals surface area contributed by atoms with Crippen LogP contribution in [0.4, 0.5) is 5.69 Å². The van der Waals surface area contributed by atoms with Crippen LogP contribution in [0.2, 0.25) is 5.02 Å². The smallest absolute Gasteiger partial charge is 0.313 e. The van der Waals surface area contributed by atoms with Crippen LogP contribution in [0.5, 0.6) is 0 Å². The van der Waals surface area contributed by atoms with Crippen molar-refractivity contribution >= 4 is 29.1 Å². The number of carbonyl (C=O) groups is 2. The van der Waals surface area contributed by atoms with Crippen molar-refractivity contribution < 1.29 is 9.59 Å². The third-order valence-electron chi connectivity index (χ3n) is 1.90. The Morgan fingerprint density at radius 3 is 2.76 bits per heavy atom. The van der Waals surface area contributed by atoms with Crippen molar-refractivity contribution in [3.63, 3.8) is 0 Å². The van der Waals surface area contributed by atoms with Crippen molar-refractivity contribution in [2.45, 2.75) is 6.92 Å². The van der Waals surface area contributed by atoms with Crippen molar-refractivity contribution in [1.82, 2.24) is 5.32 Å². The molecular weight excluding hydrogens is 242 g/mol. The number of hydrogen-bond donors (Lipinski definition) is 2. The van der Waals surface area contributed by atoms with E-state index >= 15 is 0 Å². The van der Waals surface area contributed by atoms with Crippen LogP contribution in [-0.2, 0) is 9.59 Å². The van der Waals surface area contributed by atoms with Gasteiger partial charge in [-0.15, -0.1) is 0 Å². The van der Waals surface area contributed by atoms with Crippen LogP contribution < -0.4 is 10.6 Å². The molecule has 0 heterocycles. The number of carbonyl (C=O) groups excluding carboxylic acids is 2. The summed E-state index contributed by atoms with van der Waals surface area (Å²) in [6, 6.07) is 6.76. The lowest BCUT2D eigenvalue weighted by atomic mass is 10.2. The number of rotatable bonds is 2. The molecule has 0 aliphatic carbocycles. The number of benzene rings is 1. The van der Waals surface area contributed by atoms with Crippen LogP contribution >= 0.6 is 11.6 Å². The molecule has 0 saturated heterocycles. The topological polar surface area (TPSA) is 82.0 Å². The number of amides is 2. The lowest BCUT2D eigenvalue weighted by Crippen LogP contribution is -2.35. The Hall–Kier alpha value is -2.06. The van der Waals surface area contributed by atoms with Gasteiger partial charge >= 0.3 is 11.8 Å². The van der Waals surface area contributed by atoms with E-state index in [1.54, 1.807) is 24.3 Å². The second kappa shape index (κ2) is 5.87. The van der Waals surface area contributed by atoms with E-state index in [0.717, 1.165) is 5.56 Å². The lowest BCUT2D eigenvalue weighted by molar-refractivity contribution is -0.136. The van der Waals surface area contributed by atoms with E-state index < -0.39 is 11.8 Å². The molecule has 0 aliphatic rings. The molecule has 1 aromatic rings. The van der Waals surface area contributed by atoms with Gasteiger partial charge in [-0.25, -0.2) is 0 Å². The van der Waals surface area contributed by atoms with Crippen molar-refractivity contribution in [3.8, 4) is 6.07 Å². The molecule has 1 aromatic carbocycles. The molecule has 0 fully saturated rings. The summed E-state index contributed by atoms with van der Waals surface area (Å²) in [6.45, 7) is 1.62. The van der Waals surface area contributed by atoms with E-state index in [4.69, 9.17) is 16.9 Å². The van der Waals surface area contributed by atoms with E-state index in [1.165, 1.54) is 0 Å². The zero-order chi connectivity index (χ0) is 12.8. The van der Waals surface area contributed by atoms with E-state index in [1.807, 2.05) is 6.92 Å². The maximum atomic E-state index is 11.4. The van der Waals surface area contributed by atoms with Gasteiger partial charge in [0.1, 0.15) is 6.54 Å². The molecule has 0 aromatic heterocycles. The van der Waals surface area contributed by atoms with Gasteiger partial charge in [0.25, 0.3) is 0 Å². The number of anilines is 1. The number of aryl methyl sites for hydroxylation is 1. The van der Waals surface area contributed by atoms with Crippen LogP contribution in [0.15, 0.2) is 18.2 Å². The highest BCUT2D eigenvalue weighted by Crippen LogP contribution is 2.22. The van der Waals surface area contributed by atoms with Crippen molar-refractivity contribution in [3.05, 3.63) is 28.8 Å². The molecule has 0 aliphatic heterocycles. The second-order valence-electron chi connectivity index (χ2n) is 3.28. The van der Waals surface area contributed by atoms with Gasteiger partial charge in [-0.05, 0) is 24.6 Å². The van der Waals surface area contributed by atoms with Crippen LogP contribution in [-0.4, -0.2) is 18.4 Å². The summed E-state index contributed by atoms with van der Waals surface area (Å²) >= 11 is 5.85. The number of nitriles is 1. The number of hydrogen-bond acceptors (Lipinski definition) is 3. The Morgan fingerprint density at radius 1 is 1.41 bits per heavy atom. The monoisotopic (exact) mass is 251 g/mol. The van der Waals surface area contributed by atoms with Gasteiger partial charge in [-0.3, -0.25) is 9.59 Å². The molecule has 2 amide bonds. The van der Waals surface area contributed by atoms with Crippen molar-refractivity contribution in [2.24, 2.45) is 0 Å². The van der Waals surface area contributed by atoms with Gasteiger partial charge in [0.15, 0.2) is 0 Å². The first kappa shape index (κ1) is 13.0. The summed E-state index contributed by atoms with van der Waals surface area (Å²) in [7, 11) is 0. The van der Waals surface area contributed by atoms with Crippen LogP contribution in [0, 0.1) is 18.3 Å². The molecule has 5 nitrogen and oxygen atoms in total. The first-order chi connectivity index (χ1) is 8.04. The molecular formula is C11H10ClN3O2. The number of nitrogens with one attached hydrogen (secondary N) is 2. The highest BCUT2D eigenvalue weighted by molar-refractivity contribution is 6.41. The molecule has 88 valence electrons. The summed E-state index contributed by atoms with van der Waals surface area (Å²) < 4.78 is 0. The molecule has 2 N–H and O–H groups in total. The SMILES string of the molecule is Cc1ccc(Cl)c(NC(=O)C(=O)NCC#N)c1. The van der Waals surface area contributed by atoms with Crippen molar-refractivity contribution in [2.75, 3.05) is 11.9 Å². The highest BCUT2D eigenvalue weighted by Gasteiger charge is 2.14. The summed E-state index contributed by atoms with van der Waals surface area (Å²) in [6.07, 6.45) is 0. The Morgan fingerprint density at radius 2 is 2.12 bits per heavy atom. The minimum absolute atomic E-state index is 0.214. The Balaban J connectivity index is 2.71. The van der Waals surface area contributed by atoms with Crippen LogP contribution in [0.25, 0.3) is 0 Å². The molecule has 0 saturated carbocycles. The zero-order valence-corrected chi connectivity index (χ0v) is 9.84. The van der Waals surface area contributed by atoms with Gasteiger partial charge in [0.2, 0.25) is 0 Å². The quantitative estimate of drug-likeness (QED) is 0.613. The first-order valence-corrected chi connectivity index (χ1v) is 5.14. The molecule has 0 unspecified atom stereocenters. The Bertz CT molecular complexity index is 494. The normalized spacial score (nSPS) is 9.24. The molecule has 0 spiro atoms. The standard InChI is InChI=1S/C11H10ClN3O2/c1-7-2-3-8(12)9(6-7)15-11(17)10(16)14-5-4-13/h2-3,6H,5H2,1H3,(H,14,16)(H,15,17). The largest absolute Gasteiger partial charge is 0.335 e. The lowest BCUT2D eigenvalue weighted by Gasteiger charge is -2.07. The summed E-state index contributed by atoms with van der Waals surface area (Å²) in [5.41, 5.74) is 1.27.